The molecule has 0 saturated heterocycles. The zero-order valence-electron chi connectivity index (χ0n) is 27.4. The van der Waals surface area contributed by atoms with Gasteiger partial charge in [-0.2, -0.15) is 28.1 Å². The molecule has 0 spiro atoms. The fourth-order valence-electron chi connectivity index (χ4n) is 4.02. The molecule has 4 N–H and O–H groups in total. The molecular weight excluding hydrogens is 768 g/mol. The summed E-state index contributed by atoms with van der Waals surface area (Å²) >= 11 is 0.903. The molecule has 4 aromatic rings. The zero-order chi connectivity index (χ0) is 39.2. The number of carbonyl (C=O) groups is 3. The highest BCUT2D eigenvalue weighted by Crippen LogP contribution is 2.27. The molecule has 0 aliphatic carbocycles. The van der Waals surface area contributed by atoms with Crippen LogP contribution in [0.5, 0.6) is 12.0 Å². The van der Waals surface area contributed by atoms with Crippen LogP contribution in [0.15, 0.2) is 44.2 Å². The largest absolute Gasteiger partial charge is 0.478 e. The van der Waals surface area contributed by atoms with Gasteiger partial charge in [-0.3, -0.25) is 5.32 Å². The van der Waals surface area contributed by atoms with E-state index in [0.717, 1.165) is 27.4 Å². The van der Waals surface area contributed by atoms with E-state index >= 15 is 0 Å². The second kappa shape index (κ2) is 16.1. The van der Waals surface area contributed by atoms with Crippen LogP contribution in [-0.4, -0.2) is 89.7 Å². The number of amides is 3. The van der Waals surface area contributed by atoms with Gasteiger partial charge < -0.3 is 14.6 Å². The third-order valence-electron chi connectivity index (χ3n) is 6.26. The van der Waals surface area contributed by atoms with E-state index in [2.05, 4.69) is 25.4 Å². The molecule has 3 aromatic heterocycles. The summed E-state index contributed by atoms with van der Waals surface area (Å²) in [4.78, 5) is 57.6. The number of anilines is 1. The van der Waals surface area contributed by atoms with E-state index in [1.807, 2.05) is 0 Å². The maximum Gasteiger partial charge on any atom is 0.389 e. The molecule has 1 aromatic carbocycles. The van der Waals surface area contributed by atoms with Gasteiger partial charge in [-0.15, -0.1) is 21.1 Å². The van der Waals surface area contributed by atoms with Crippen LogP contribution in [-0.2, 0) is 33.5 Å². The summed E-state index contributed by atoms with van der Waals surface area (Å²) in [5.41, 5.74) is -1.47. The van der Waals surface area contributed by atoms with Crippen molar-refractivity contribution in [2.45, 2.75) is 42.7 Å². The molecule has 26 heteroatoms. The van der Waals surface area contributed by atoms with Gasteiger partial charge in [-0.25, -0.2) is 50.0 Å². The number of carbonyl (C=O) groups excluding carboxylic acids is 2. The van der Waals surface area contributed by atoms with Crippen molar-refractivity contribution in [2.24, 2.45) is 7.05 Å². The van der Waals surface area contributed by atoms with Crippen LogP contribution < -0.4 is 29.9 Å². The SMILES string of the molecule is COc1nc(C)nc(NC(=O)NS(=O)(=O)c2ccccc2CCC(F)(F)F)n1.COc1nn(C(=O)NS(=O)(=O)c2c(C(=O)O)csc2C)c(=O)n1C. The topological polar surface area (TPSA) is 273 Å². The van der Waals surface area contributed by atoms with Crippen molar-refractivity contribution in [2.75, 3.05) is 19.5 Å². The summed E-state index contributed by atoms with van der Waals surface area (Å²) in [6.45, 7) is 2.90. The van der Waals surface area contributed by atoms with Crippen LogP contribution in [0, 0.1) is 13.8 Å². The van der Waals surface area contributed by atoms with Gasteiger partial charge in [0, 0.05) is 23.7 Å². The first-order chi connectivity index (χ1) is 24.1. The Balaban J connectivity index is 0.000000284. The van der Waals surface area contributed by atoms with Gasteiger partial charge in [0.25, 0.3) is 20.0 Å². The van der Waals surface area contributed by atoms with E-state index in [9.17, 15) is 49.2 Å². The van der Waals surface area contributed by atoms with Gasteiger partial charge in [-0.05, 0) is 31.9 Å². The number of carboxylic acids is 1. The first kappa shape index (κ1) is 40.8. The number of alkyl halides is 3. The number of hydrogen-bond acceptors (Lipinski definition) is 15. The Morgan fingerprint density at radius 1 is 0.981 bits per heavy atom. The summed E-state index contributed by atoms with van der Waals surface area (Å²) in [6.07, 6.45) is -6.20. The van der Waals surface area contributed by atoms with Crippen molar-refractivity contribution in [3.63, 3.8) is 0 Å². The van der Waals surface area contributed by atoms with Crippen molar-refractivity contribution in [1.29, 1.82) is 0 Å². The van der Waals surface area contributed by atoms with E-state index in [1.54, 1.807) is 9.44 Å². The molecule has 0 bridgehead atoms. The smallest absolute Gasteiger partial charge is 0.389 e. The highest BCUT2D eigenvalue weighted by molar-refractivity contribution is 7.90. The lowest BCUT2D eigenvalue weighted by molar-refractivity contribution is -0.134. The number of hydrogen-bond donors (Lipinski definition) is 4. The van der Waals surface area contributed by atoms with Gasteiger partial charge in [0.1, 0.15) is 10.7 Å². The Kier molecular flexibility index (Phi) is 12.7. The Bertz CT molecular complexity index is 2270. The second-order valence-corrected chi connectivity index (χ2v) is 14.3. The van der Waals surface area contributed by atoms with Crippen molar-refractivity contribution < 1.29 is 59.0 Å². The van der Waals surface area contributed by atoms with E-state index in [4.69, 9.17) is 14.6 Å². The molecule has 20 nitrogen and oxygen atoms in total. The third kappa shape index (κ3) is 10.2. The summed E-state index contributed by atoms with van der Waals surface area (Å²) < 4.78 is 101. The molecule has 3 heterocycles. The number of sulfonamides is 2. The summed E-state index contributed by atoms with van der Waals surface area (Å²) in [6, 6.07) is 2.25. The number of carboxylic acid groups (broad SMARTS) is 1. The van der Waals surface area contributed by atoms with Crippen LogP contribution >= 0.6 is 11.3 Å². The number of thiophene rings is 1. The van der Waals surface area contributed by atoms with E-state index in [1.165, 1.54) is 53.3 Å². The average molecular weight is 796 g/mol. The molecule has 0 atom stereocenters. The van der Waals surface area contributed by atoms with Gasteiger partial charge in [0.2, 0.25) is 5.95 Å². The minimum atomic E-state index is -4.52. The lowest BCUT2D eigenvalue weighted by Crippen LogP contribution is -2.40. The molecule has 0 aliphatic rings. The summed E-state index contributed by atoms with van der Waals surface area (Å²) in [5.74, 6) is -1.51. The number of aryl methyl sites for hydroxylation is 3. The third-order valence-corrected chi connectivity index (χ3v) is 10.2. The molecule has 3 amide bonds. The monoisotopic (exact) mass is 795 g/mol. The molecule has 0 fully saturated rings. The standard InChI is InChI=1S/C15H16F3N5O4S.C11H12N4O7S2/c1-9-19-12(22-14(20-9)27-2)21-13(24)23-28(25,26)11-6-4-3-5-10(11)7-8-15(16,17)18;1-5-7(6(4-23-5)8(16)17)24(20,21)13-9(18)15-11(19)14(2)10(12-15)22-3/h3-6H,7-8H2,1-2H3,(H2,19,20,21,22,23,24);4H,1-3H3,(H,13,18)(H,16,17). The van der Waals surface area contributed by atoms with Gasteiger partial charge >= 0.3 is 41.9 Å². The highest BCUT2D eigenvalue weighted by atomic mass is 32.2. The second-order valence-electron chi connectivity index (χ2n) is 9.97. The maximum atomic E-state index is 12.5. The van der Waals surface area contributed by atoms with Crippen LogP contribution in [0.1, 0.15) is 33.0 Å². The van der Waals surface area contributed by atoms with Gasteiger partial charge in [0.05, 0.1) is 24.7 Å². The van der Waals surface area contributed by atoms with E-state index in [-0.39, 0.29) is 38.9 Å². The summed E-state index contributed by atoms with van der Waals surface area (Å²) in [5, 5.41) is 15.8. The number of aromatic carboxylic acids is 1. The zero-order valence-corrected chi connectivity index (χ0v) is 29.8. The number of rotatable bonds is 10. The number of nitrogens with zero attached hydrogens (tertiary/aromatic N) is 6. The fourth-order valence-corrected chi connectivity index (χ4v) is 7.71. The predicted molar refractivity (Wildman–Crippen MR) is 172 cm³/mol. The van der Waals surface area contributed by atoms with Crippen LogP contribution in [0.4, 0.5) is 28.7 Å². The van der Waals surface area contributed by atoms with Crippen LogP contribution in [0.25, 0.3) is 0 Å². The van der Waals surface area contributed by atoms with E-state index in [0.29, 0.717) is 0 Å². The minimum Gasteiger partial charge on any atom is -0.478 e. The Labute approximate surface area is 295 Å². The number of halogens is 3. The van der Waals surface area contributed by atoms with Crippen LogP contribution in [0.2, 0.25) is 0 Å². The summed E-state index contributed by atoms with van der Waals surface area (Å²) in [7, 11) is -5.17. The molecule has 4 rings (SSSR count). The first-order valence-corrected chi connectivity index (χ1v) is 17.8. The van der Waals surface area contributed by atoms with Crippen molar-refractivity contribution in [3.8, 4) is 12.0 Å². The van der Waals surface area contributed by atoms with Crippen molar-refractivity contribution in [1.82, 2.24) is 38.7 Å². The number of ether oxygens (including phenoxy) is 2. The van der Waals surface area contributed by atoms with E-state index < -0.39 is 78.1 Å². The number of aromatic nitrogens is 6. The maximum absolute atomic E-state index is 12.5. The number of methoxy groups -OCH3 is 2. The molecular formula is C26H28F3N9O11S3. The highest BCUT2D eigenvalue weighted by Gasteiger charge is 2.31. The molecule has 52 heavy (non-hydrogen) atoms. The first-order valence-electron chi connectivity index (χ1n) is 13.9. The molecule has 282 valence electrons. The number of nitrogens with one attached hydrogen (secondary N) is 3. The normalized spacial score (nSPS) is 11.5. The molecule has 0 unspecified atom stereocenters. The molecule has 0 aliphatic heterocycles. The minimum absolute atomic E-state index is 0.0715. The predicted octanol–water partition coefficient (Wildman–Crippen LogP) is 1.80. The molecule has 0 radical (unpaired) electrons. The molecule has 0 saturated carbocycles. The number of benzene rings is 1. The van der Waals surface area contributed by atoms with Crippen LogP contribution in [0.3, 0.4) is 0 Å². The van der Waals surface area contributed by atoms with Crippen molar-refractivity contribution >= 4 is 55.4 Å². The number of urea groups is 1. The van der Waals surface area contributed by atoms with Crippen molar-refractivity contribution in [3.05, 3.63) is 62.0 Å². The van der Waals surface area contributed by atoms with Gasteiger partial charge in [-0.1, -0.05) is 18.2 Å². The fraction of sp³-hybridized carbons (Fsp3) is 0.308. The quantitative estimate of drug-likeness (QED) is 0.178. The Morgan fingerprint density at radius 3 is 2.21 bits per heavy atom. The lowest BCUT2D eigenvalue weighted by Gasteiger charge is -2.13. The van der Waals surface area contributed by atoms with Gasteiger partial charge in [0.15, 0.2) is 0 Å². The Morgan fingerprint density at radius 2 is 1.63 bits per heavy atom. The Hall–Kier alpha value is -5.63. The average Bonchev–Trinajstić information content (AvgIpc) is 3.58. The lowest BCUT2D eigenvalue weighted by atomic mass is 10.1.